The highest BCUT2D eigenvalue weighted by Gasteiger charge is 2.07. The van der Waals surface area contributed by atoms with Crippen LogP contribution in [0.4, 0.5) is 11.5 Å². The van der Waals surface area contributed by atoms with E-state index in [0.29, 0.717) is 35.3 Å². The number of anilines is 2. The number of carbonyl (C=O) groups excluding carboxylic acids is 1. The Bertz CT molecular complexity index is 862. The summed E-state index contributed by atoms with van der Waals surface area (Å²) in [4.78, 5) is 16.3. The van der Waals surface area contributed by atoms with Crippen LogP contribution in [0.15, 0.2) is 53.2 Å². The lowest BCUT2D eigenvalue weighted by molar-refractivity contribution is 0.0949. The summed E-state index contributed by atoms with van der Waals surface area (Å²) in [6.45, 7) is 2.33. The van der Waals surface area contributed by atoms with Gasteiger partial charge in [-0.05, 0) is 43.2 Å². The van der Waals surface area contributed by atoms with E-state index in [0.717, 1.165) is 11.3 Å². The monoisotopic (exact) mass is 356 g/mol. The molecule has 2 N–H and O–H groups in total. The molecule has 0 bridgehead atoms. The van der Waals surface area contributed by atoms with Crippen LogP contribution in [0.5, 0.6) is 0 Å². The summed E-state index contributed by atoms with van der Waals surface area (Å²) in [5.41, 5.74) is 2.15. The highest BCUT2D eigenvalue weighted by Crippen LogP contribution is 2.15. The molecule has 3 aromatic rings. The summed E-state index contributed by atoms with van der Waals surface area (Å²) in [5, 5.41) is 10.4. The number of hydrogen-bond donors (Lipinski definition) is 2. The minimum Gasteiger partial charge on any atom is -0.360 e. The number of rotatable bonds is 6. The molecule has 2 heterocycles. The van der Waals surface area contributed by atoms with Crippen LogP contribution in [0.2, 0.25) is 5.02 Å². The van der Waals surface area contributed by atoms with E-state index >= 15 is 0 Å². The van der Waals surface area contributed by atoms with E-state index in [9.17, 15) is 4.79 Å². The van der Waals surface area contributed by atoms with Crippen LogP contribution in [-0.4, -0.2) is 22.6 Å². The van der Waals surface area contributed by atoms with Gasteiger partial charge in [0.15, 0.2) is 5.82 Å². The third-order valence-electron chi connectivity index (χ3n) is 3.48. The van der Waals surface area contributed by atoms with Crippen LogP contribution in [0, 0.1) is 6.92 Å². The fraction of sp³-hybridized carbons (Fsp3) is 0.167. The van der Waals surface area contributed by atoms with Crippen LogP contribution in [0.3, 0.4) is 0 Å². The second-order valence-electron chi connectivity index (χ2n) is 5.52. The maximum Gasteiger partial charge on any atom is 0.269 e. The van der Waals surface area contributed by atoms with E-state index in [1.165, 1.54) is 0 Å². The normalized spacial score (nSPS) is 10.5. The van der Waals surface area contributed by atoms with E-state index in [1.807, 2.05) is 31.2 Å². The fourth-order valence-electron chi connectivity index (χ4n) is 2.28. The predicted molar refractivity (Wildman–Crippen MR) is 96.2 cm³/mol. The van der Waals surface area contributed by atoms with Gasteiger partial charge in [0, 0.05) is 17.6 Å². The number of nitrogens with zero attached hydrogens (tertiary/aromatic N) is 2. The number of halogens is 1. The van der Waals surface area contributed by atoms with Gasteiger partial charge < -0.3 is 15.2 Å². The molecule has 0 spiro atoms. The van der Waals surface area contributed by atoms with Crippen molar-refractivity contribution in [1.29, 1.82) is 0 Å². The molecule has 0 saturated heterocycles. The molecule has 0 fully saturated rings. The number of aryl methyl sites for hydroxylation is 1. The number of amides is 1. The molecule has 0 unspecified atom stereocenters. The number of aromatic nitrogens is 2. The minimum absolute atomic E-state index is 0.217. The molecule has 1 aromatic carbocycles. The molecule has 1 amide bonds. The summed E-state index contributed by atoms with van der Waals surface area (Å²) in [6.07, 6.45) is 2.29. The van der Waals surface area contributed by atoms with Crippen molar-refractivity contribution in [2.24, 2.45) is 0 Å². The molecule has 0 aliphatic carbocycles. The van der Waals surface area contributed by atoms with Gasteiger partial charge in [-0.3, -0.25) is 4.79 Å². The highest BCUT2D eigenvalue weighted by atomic mass is 35.5. The molecule has 2 aromatic heterocycles. The molecular weight excluding hydrogens is 340 g/mol. The largest absolute Gasteiger partial charge is 0.360 e. The second kappa shape index (κ2) is 7.81. The van der Waals surface area contributed by atoms with Crippen LogP contribution in [0.25, 0.3) is 0 Å². The lowest BCUT2D eigenvalue weighted by Gasteiger charge is -2.06. The van der Waals surface area contributed by atoms with Crippen molar-refractivity contribution in [3.05, 3.63) is 70.7 Å². The molecule has 0 aliphatic heterocycles. The summed E-state index contributed by atoms with van der Waals surface area (Å²) >= 11 is 5.94. The van der Waals surface area contributed by atoms with Crippen molar-refractivity contribution in [2.45, 2.75) is 13.3 Å². The van der Waals surface area contributed by atoms with Gasteiger partial charge in [-0.1, -0.05) is 28.9 Å². The van der Waals surface area contributed by atoms with Gasteiger partial charge in [-0.2, -0.15) is 0 Å². The molecule has 128 valence electrons. The Balaban J connectivity index is 1.52. The van der Waals surface area contributed by atoms with E-state index in [1.54, 1.807) is 24.4 Å². The van der Waals surface area contributed by atoms with Crippen molar-refractivity contribution in [3.8, 4) is 0 Å². The summed E-state index contributed by atoms with van der Waals surface area (Å²) < 4.78 is 4.98. The third-order valence-corrected chi connectivity index (χ3v) is 3.72. The maximum atomic E-state index is 12.1. The number of carbonyl (C=O) groups is 1. The molecule has 3 rings (SSSR count). The van der Waals surface area contributed by atoms with E-state index in [4.69, 9.17) is 16.1 Å². The first kappa shape index (κ1) is 17.0. The Labute approximate surface area is 150 Å². The van der Waals surface area contributed by atoms with Crippen molar-refractivity contribution < 1.29 is 9.32 Å². The quantitative estimate of drug-likeness (QED) is 0.703. The average Bonchev–Trinajstić information content (AvgIpc) is 3.00. The molecule has 0 radical (unpaired) electrons. The van der Waals surface area contributed by atoms with Crippen molar-refractivity contribution >= 4 is 29.0 Å². The van der Waals surface area contributed by atoms with Gasteiger partial charge in [0.1, 0.15) is 11.5 Å². The van der Waals surface area contributed by atoms with Gasteiger partial charge >= 0.3 is 0 Å². The Morgan fingerprint density at radius 2 is 2.12 bits per heavy atom. The first-order chi connectivity index (χ1) is 12.1. The third kappa shape index (κ3) is 4.81. The fourth-order valence-corrected chi connectivity index (χ4v) is 2.49. The standard InChI is InChI=1S/C18H17ClN4O2/c1-12-9-17(23-25-12)22-15-5-6-16(21-11-15)18(24)20-8-7-13-3-2-4-14(19)10-13/h2-6,9-11H,7-8H2,1H3,(H,20,24)(H,22,23). The van der Waals surface area contributed by atoms with Crippen LogP contribution < -0.4 is 10.6 Å². The van der Waals surface area contributed by atoms with Crippen molar-refractivity contribution in [2.75, 3.05) is 11.9 Å². The molecule has 25 heavy (non-hydrogen) atoms. The lowest BCUT2D eigenvalue weighted by atomic mass is 10.1. The van der Waals surface area contributed by atoms with E-state index in [2.05, 4.69) is 20.8 Å². The van der Waals surface area contributed by atoms with E-state index < -0.39 is 0 Å². The number of hydrogen-bond acceptors (Lipinski definition) is 5. The SMILES string of the molecule is Cc1cc(Nc2ccc(C(=O)NCCc3cccc(Cl)c3)nc2)no1. The van der Waals surface area contributed by atoms with E-state index in [-0.39, 0.29) is 5.91 Å². The smallest absolute Gasteiger partial charge is 0.269 e. The van der Waals surface area contributed by atoms with Gasteiger partial charge in [0.25, 0.3) is 5.91 Å². The minimum atomic E-state index is -0.217. The maximum absolute atomic E-state index is 12.1. The lowest BCUT2D eigenvalue weighted by Crippen LogP contribution is -2.26. The predicted octanol–water partition coefficient (Wildman–Crippen LogP) is 3.75. The number of pyridine rings is 1. The summed E-state index contributed by atoms with van der Waals surface area (Å²) in [7, 11) is 0. The Morgan fingerprint density at radius 3 is 2.80 bits per heavy atom. The van der Waals surface area contributed by atoms with Gasteiger partial charge in [0.2, 0.25) is 0 Å². The number of nitrogens with one attached hydrogen (secondary N) is 2. The Morgan fingerprint density at radius 1 is 1.24 bits per heavy atom. The van der Waals surface area contributed by atoms with Gasteiger partial charge in [-0.15, -0.1) is 0 Å². The molecule has 0 aliphatic rings. The van der Waals surface area contributed by atoms with Gasteiger partial charge in [-0.25, -0.2) is 4.98 Å². The zero-order valence-corrected chi connectivity index (χ0v) is 14.4. The van der Waals surface area contributed by atoms with Crippen LogP contribution in [-0.2, 0) is 6.42 Å². The second-order valence-corrected chi connectivity index (χ2v) is 5.95. The molecule has 0 atom stereocenters. The highest BCUT2D eigenvalue weighted by molar-refractivity contribution is 6.30. The van der Waals surface area contributed by atoms with Crippen molar-refractivity contribution in [3.63, 3.8) is 0 Å². The summed E-state index contributed by atoms with van der Waals surface area (Å²) in [5.74, 6) is 1.09. The van der Waals surface area contributed by atoms with Crippen molar-refractivity contribution in [1.82, 2.24) is 15.5 Å². The first-order valence-electron chi connectivity index (χ1n) is 7.79. The molecule has 0 saturated carbocycles. The summed E-state index contributed by atoms with van der Waals surface area (Å²) in [6, 6.07) is 12.8. The van der Waals surface area contributed by atoms with Gasteiger partial charge in [0.05, 0.1) is 11.9 Å². The molecule has 7 heteroatoms. The Kier molecular flexibility index (Phi) is 5.30. The molecular formula is C18H17ClN4O2. The molecule has 6 nitrogen and oxygen atoms in total. The Hall–Kier alpha value is -2.86. The zero-order chi connectivity index (χ0) is 17.6. The van der Waals surface area contributed by atoms with Crippen LogP contribution in [0.1, 0.15) is 21.8 Å². The average molecular weight is 357 g/mol. The zero-order valence-electron chi connectivity index (χ0n) is 13.6. The topological polar surface area (TPSA) is 80.0 Å². The number of benzene rings is 1. The first-order valence-corrected chi connectivity index (χ1v) is 8.17. The van der Waals surface area contributed by atoms with Crippen LogP contribution >= 0.6 is 11.6 Å².